The molecule has 18 heavy (non-hydrogen) atoms. The maximum atomic E-state index is 11.5. The van der Waals surface area contributed by atoms with Crippen LogP contribution in [0.4, 0.5) is 0 Å². The lowest BCUT2D eigenvalue weighted by Crippen LogP contribution is -2.25. The summed E-state index contributed by atoms with van der Waals surface area (Å²) >= 11 is 1.14. The van der Waals surface area contributed by atoms with E-state index >= 15 is 0 Å². The predicted octanol–water partition coefficient (Wildman–Crippen LogP) is 1.82. The first kappa shape index (κ1) is 14.6. The van der Waals surface area contributed by atoms with E-state index in [4.69, 9.17) is 5.11 Å². The summed E-state index contributed by atoms with van der Waals surface area (Å²) in [5.41, 5.74) is 0.136. The number of aromatic nitrogens is 1. The van der Waals surface area contributed by atoms with E-state index in [9.17, 15) is 9.59 Å². The van der Waals surface area contributed by atoms with Crippen molar-refractivity contribution in [2.45, 2.75) is 39.5 Å². The number of nitrogens with zero attached hydrogens (tertiary/aromatic N) is 1. The number of nitrogens with one attached hydrogen (secondary N) is 1. The zero-order valence-corrected chi connectivity index (χ0v) is 11.8. The van der Waals surface area contributed by atoms with E-state index in [1.165, 1.54) is 0 Å². The van der Waals surface area contributed by atoms with Crippen LogP contribution in [-0.2, 0) is 16.6 Å². The highest BCUT2D eigenvalue weighted by Crippen LogP contribution is 2.29. The molecule has 1 aromatic heterocycles. The number of hydrogen-bond donors (Lipinski definition) is 2. The van der Waals surface area contributed by atoms with Gasteiger partial charge in [0.25, 0.3) is 0 Å². The number of carboxylic acid groups (broad SMARTS) is 1. The van der Waals surface area contributed by atoms with Gasteiger partial charge in [-0.1, -0.05) is 20.8 Å². The van der Waals surface area contributed by atoms with Crippen LogP contribution in [0.5, 0.6) is 0 Å². The van der Waals surface area contributed by atoms with E-state index in [0.717, 1.165) is 16.3 Å². The molecule has 100 valence electrons. The molecule has 0 radical (unpaired) electrons. The molecule has 0 saturated heterocycles. The third kappa shape index (κ3) is 3.53. The third-order valence-electron chi connectivity index (χ3n) is 2.24. The van der Waals surface area contributed by atoms with Gasteiger partial charge in [-0.2, -0.15) is 0 Å². The SMILES string of the molecule is CCNC(=O)Cc1nc(C(C)(C)C)sc1C(=O)O. The number of carbonyl (C=O) groups excluding carboxylic acids is 1. The van der Waals surface area contributed by atoms with E-state index < -0.39 is 5.97 Å². The highest BCUT2D eigenvalue weighted by Gasteiger charge is 2.25. The van der Waals surface area contributed by atoms with Gasteiger partial charge in [-0.15, -0.1) is 11.3 Å². The molecular formula is C12H18N2O3S. The number of hydrogen-bond acceptors (Lipinski definition) is 4. The van der Waals surface area contributed by atoms with Gasteiger partial charge in [0, 0.05) is 12.0 Å². The number of aromatic carboxylic acids is 1. The highest BCUT2D eigenvalue weighted by molar-refractivity contribution is 7.13. The topological polar surface area (TPSA) is 79.3 Å². The lowest BCUT2D eigenvalue weighted by molar-refractivity contribution is -0.120. The molecule has 0 aliphatic carbocycles. The van der Waals surface area contributed by atoms with Crippen LogP contribution in [0.15, 0.2) is 0 Å². The summed E-state index contributed by atoms with van der Waals surface area (Å²) in [6.07, 6.45) is 0.0159. The summed E-state index contributed by atoms with van der Waals surface area (Å²) < 4.78 is 0. The van der Waals surface area contributed by atoms with Gasteiger partial charge < -0.3 is 10.4 Å². The first-order valence-corrected chi connectivity index (χ1v) is 6.57. The van der Waals surface area contributed by atoms with Crippen molar-refractivity contribution in [3.63, 3.8) is 0 Å². The van der Waals surface area contributed by atoms with Crippen LogP contribution < -0.4 is 5.32 Å². The molecule has 6 heteroatoms. The second-order valence-corrected chi connectivity index (χ2v) is 5.98. The summed E-state index contributed by atoms with van der Waals surface area (Å²) in [7, 11) is 0. The quantitative estimate of drug-likeness (QED) is 0.874. The molecule has 0 saturated carbocycles. The Kier molecular flexibility index (Phi) is 4.45. The number of carbonyl (C=O) groups is 2. The van der Waals surface area contributed by atoms with Crippen LogP contribution in [0.3, 0.4) is 0 Å². The first-order valence-electron chi connectivity index (χ1n) is 5.76. The van der Waals surface area contributed by atoms with Gasteiger partial charge in [0.2, 0.25) is 5.91 Å². The predicted molar refractivity (Wildman–Crippen MR) is 70.2 cm³/mol. The molecule has 1 aromatic rings. The monoisotopic (exact) mass is 270 g/mol. The van der Waals surface area contributed by atoms with E-state index in [0.29, 0.717) is 12.2 Å². The first-order chi connectivity index (χ1) is 8.25. The van der Waals surface area contributed by atoms with Gasteiger partial charge in [0.05, 0.1) is 17.1 Å². The van der Waals surface area contributed by atoms with Gasteiger partial charge in [-0.3, -0.25) is 4.79 Å². The zero-order chi connectivity index (χ0) is 13.9. The normalized spacial score (nSPS) is 11.3. The molecular weight excluding hydrogens is 252 g/mol. The molecule has 0 atom stereocenters. The zero-order valence-electron chi connectivity index (χ0n) is 11.0. The van der Waals surface area contributed by atoms with Crippen molar-refractivity contribution < 1.29 is 14.7 Å². The average molecular weight is 270 g/mol. The Balaban J connectivity index is 3.06. The summed E-state index contributed by atoms with van der Waals surface area (Å²) in [6, 6.07) is 0. The highest BCUT2D eigenvalue weighted by atomic mass is 32.1. The lowest BCUT2D eigenvalue weighted by atomic mass is 9.98. The summed E-state index contributed by atoms with van der Waals surface area (Å²) in [5.74, 6) is -1.23. The van der Waals surface area contributed by atoms with Gasteiger partial charge in [-0.25, -0.2) is 9.78 Å². The Bertz CT molecular complexity index is 460. The van der Waals surface area contributed by atoms with E-state index in [-0.39, 0.29) is 22.6 Å². The van der Waals surface area contributed by atoms with Gasteiger partial charge in [-0.05, 0) is 6.92 Å². The molecule has 0 spiro atoms. The van der Waals surface area contributed by atoms with Gasteiger partial charge >= 0.3 is 5.97 Å². The molecule has 0 unspecified atom stereocenters. The molecule has 0 aromatic carbocycles. The van der Waals surface area contributed by atoms with Crippen LogP contribution in [0.1, 0.15) is 48.1 Å². The Morgan fingerprint density at radius 1 is 1.39 bits per heavy atom. The fraction of sp³-hybridized carbons (Fsp3) is 0.583. The molecule has 2 N–H and O–H groups in total. The van der Waals surface area contributed by atoms with Crippen LogP contribution in [0.2, 0.25) is 0 Å². The number of thiazole rings is 1. The average Bonchev–Trinajstić information content (AvgIpc) is 2.61. The lowest BCUT2D eigenvalue weighted by Gasteiger charge is -2.13. The van der Waals surface area contributed by atoms with E-state index in [2.05, 4.69) is 10.3 Å². The van der Waals surface area contributed by atoms with Crippen LogP contribution in [0.25, 0.3) is 0 Å². The summed E-state index contributed by atoms with van der Waals surface area (Å²) in [6.45, 7) is 8.24. The van der Waals surface area contributed by atoms with Crippen molar-refractivity contribution in [2.75, 3.05) is 6.54 Å². The number of carboxylic acids is 1. The van der Waals surface area contributed by atoms with Crippen LogP contribution >= 0.6 is 11.3 Å². The molecule has 0 aliphatic heterocycles. The second kappa shape index (κ2) is 5.48. The van der Waals surface area contributed by atoms with Crippen molar-refractivity contribution in [1.29, 1.82) is 0 Å². The summed E-state index contributed by atoms with van der Waals surface area (Å²) in [5, 5.41) is 12.5. The Hall–Kier alpha value is -1.43. The Morgan fingerprint density at radius 3 is 2.44 bits per heavy atom. The van der Waals surface area contributed by atoms with Crippen molar-refractivity contribution in [2.24, 2.45) is 0 Å². The van der Waals surface area contributed by atoms with E-state index in [1.54, 1.807) is 0 Å². The molecule has 1 rings (SSSR count). The molecule has 0 aliphatic rings. The minimum atomic E-state index is -1.03. The standard InChI is InChI=1S/C12H18N2O3S/c1-5-13-8(15)6-7-9(10(16)17)18-11(14-7)12(2,3)4/h5-6H2,1-4H3,(H,13,15)(H,16,17). The summed E-state index contributed by atoms with van der Waals surface area (Å²) in [4.78, 5) is 27.1. The Labute approximate surface area is 110 Å². The van der Waals surface area contributed by atoms with Gasteiger partial charge in [0.15, 0.2) is 0 Å². The minimum absolute atomic E-state index is 0.0159. The smallest absolute Gasteiger partial charge is 0.347 e. The number of amides is 1. The van der Waals surface area contributed by atoms with Crippen molar-refractivity contribution >= 4 is 23.2 Å². The van der Waals surface area contributed by atoms with Gasteiger partial charge in [0.1, 0.15) is 4.88 Å². The maximum absolute atomic E-state index is 11.5. The second-order valence-electron chi connectivity index (χ2n) is 4.98. The van der Waals surface area contributed by atoms with Crippen molar-refractivity contribution in [1.82, 2.24) is 10.3 Å². The van der Waals surface area contributed by atoms with Crippen molar-refractivity contribution in [3.8, 4) is 0 Å². The van der Waals surface area contributed by atoms with E-state index in [1.807, 2.05) is 27.7 Å². The fourth-order valence-electron chi connectivity index (χ4n) is 1.37. The van der Waals surface area contributed by atoms with Crippen LogP contribution in [0, 0.1) is 0 Å². The third-order valence-corrected chi connectivity index (χ3v) is 3.75. The maximum Gasteiger partial charge on any atom is 0.347 e. The fourth-order valence-corrected chi connectivity index (χ4v) is 2.35. The minimum Gasteiger partial charge on any atom is -0.477 e. The molecule has 1 heterocycles. The number of rotatable bonds is 4. The molecule has 1 amide bonds. The molecule has 0 fully saturated rings. The van der Waals surface area contributed by atoms with Crippen molar-refractivity contribution in [3.05, 3.63) is 15.6 Å². The molecule has 0 bridgehead atoms. The van der Waals surface area contributed by atoms with Crippen LogP contribution in [-0.4, -0.2) is 28.5 Å². The number of likely N-dealkylation sites (N-methyl/N-ethyl adjacent to an activating group) is 1. The Morgan fingerprint density at radius 2 is 2.00 bits per heavy atom. The largest absolute Gasteiger partial charge is 0.477 e. The molecule has 5 nitrogen and oxygen atoms in total.